The highest BCUT2D eigenvalue weighted by Crippen LogP contribution is 2.52. The van der Waals surface area contributed by atoms with Crippen molar-refractivity contribution in [3.8, 4) is 12.1 Å². The monoisotopic (exact) mass is 613 g/mol. The molecule has 3 saturated heterocycles. The predicted octanol–water partition coefficient (Wildman–Crippen LogP) is 4.83. The fourth-order valence-electron chi connectivity index (χ4n) is 8.52. The molecule has 11 heteroatoms. The Morgan fingerprint density at radius 3 is 2.89 bits per heavy atom. The number of nitrogens with two attached hydrogens (primary N) is 1. The molecule has 234 valence electrons. The number of hydrogen-bond donors (Lipinski definition) is 1. The highest BCUT2D eigenvalue weighted by atomic mass is 19.1. The van der Waals surface area contributed by atoms with E-state index in [-0.39, 0.29) is 37.2 Å². The Bertz CT molecular complexity index is 1690. The highest BCUT2D eigenvalue weighted by Gasteiger charge is 2.51. The largest absolute Gasteiger partial charge is 0.461 e. The minimum absolute atomic E-state index is 0.115. The van der Waals surface area contributed by atoms with Gasteiger partial charge in [0.15, 0.2) is 5.67 Å². The Morgan fingerprint density at radius 2 is 2.09 bits per heavy atom. The molecule has 3 aromatic rings. The number of alkyl halides is 2. The molecule has 9 nitrogen and oxygen atoms in total. The molecule has 1 aromatic carbocycles. The first kappa shape index (κ1) is 28.6. The van der Waals surface area contributed by atoms with Gasteiger partial charge in [-0.2, -0.15) is 15.2 Å². The van der Waals surface area contributed by atoms with Crippen molar-refractivity contribution in [2.75, 3.05) is 43.4 Å². The first-order valence-corrected chi connectivity index (χ1v) is 16.0. The lowest BCUT2D eigenvalue weighted by atomic mass is 9.69. The van der Waals surface area contributed by atoms with E-state index >= 15 is 4.39 Å². The fourth-order valence-corrected chi connectivity index (χ4v) is 8.52. The van der Waals surface area contributed by atoms with Crippen LogP contribution in [0, 0.1) is 11.3 Å². The molecule has 0 saturated carbocycles. The van der Waals surface area contributed by atoms with Gasteiger partial charge in [0.05, 0.1) is 36.5 Å². The second kappa shape index (κ2) is 10.3. The Morgan fingerprint density at radius 1 is 1.22 bits per heavy atom. The molecule has 6 heterocycles. The summed E-state index contributed by atoms with van der Waals surface area (Å²) in [6, 6.07) is 9.88. The lowest BCUT2D eigenvalue weighted by Gasteiger charge is -2.48. The van der Waals surface area contributed by atoms with E-state index in [1.54, 1.807) is 24.5 Å². The van der Waals surface area contributed by atoms with Gasteiger partial charge in [-0.15, -0.1) is 0 Å². The van der Waals surface area contributed by atoms with Crippen molar-refractivity contribution in [3.05, 3.63) is 70.2 Å². The smallest absolute Gasteiger partial charge is 0.318 e. The van der Waals surface area contributed by atoms with Gasteiger partial charge in [-0.3, -0.25) is 9.88 Å². The van der Waals surface area contributed by atoms with Crippen molar-refractivity contribution < 1.29 is 18.3 Å². The summed E-state index contributed by atoms with van der Waals surface area (Å²) in [7, 11) is 0. The van der Waals surface area contributed by atoms with E-state index in [1.807, 2.05) is 17.0 Å². The second-order valence-electron chi connectivity index (χ2n) is 13.7. The van der Waals surface area contributed by atoms with Crippen molar-refractivity contribution in [2.24, 2.45) is 0 Å². The van der Waals surface area contributed by atoms with Crippen LogP contribution < -0.4 is 15.4 Å². The number of aromatic nitrogens is 3. The summed E-state index contributed by atoms with van der Waals surface area (Å²) in [4.78, 5) is 18.0. The third-order valence-corrected chi connectivity index (χ3v) is 10.9. The Labute approximate surface area is 261 Å². The van der Waals surface area contributed by atoms with Crippen LogP contribution in [0.25, 0.3) is 0 Å². The summed E-state index contributed by atoms with van der Waals surface area (Å²) in [6.07, 6.45) is 6.67. The molecular formula is C34H37F2N7O2. The van der Waals surface area contributed by atoms with Crippen LogP contribution in [0.1, 0.15) is 78.5 Å². The summed E-state index contributed by atoms with van der Waals surface area (Å²) in [5.74, 6) is 0.851. The maximum Gasteiger partial charge on any atom is 0.318 e. The predicted molar refractivity (Wildman–Crippen MR) is 163 cm³/mol. The number of nitriles is 1. The first-order chi connectivity index (χ1) is 21.7. The van der Waals surface area contributed by atoms with Crippen LogP contribution >= 0.6 is 0 Å². The van der Waals surface area contributed by atoms with Gasteiger partial charge in [-0.05, 0) is 55.8 Å². The molecule has 45 heavy (non-hydrogen) atoms. The summed E-state index contributed by atoms with van der Waals surface area (Å²) >= 11 is 0. The van der Waals surface area contributed by atoms with E-state index in [0.29, 0.717) is 55.0 Å². The third kappa shape index (κ3) is 4.48. The summed E-state index contributed by atoms with van der Waals surface area (Å²) in [6.45, 7) is 4.20. The van der Waals surface area contributed by atoms with Crippen molar-refractivity contribution in [2.45, 2.75) is 81.0 Å². The number of fused-ring (bicyclic) bond motifs is 4. The van der Waals surface area contributed by atoms with E-state index in [1.165, 1.54) is 0 Å². The number of nitrogens with zero attached hydrogens (tertiary/aromatic N) is 6. The zero-order valence-electron chi connectivity index (χ0n) is 25.4. The van der Waals surface area contributed by atoms with Crippen molar-refractivity contribution in [1.82, 2.24) is 19.9 Å². The molecule has 4 atom stereocenters. The number of ether oxygens (including phenoxy) is 2. The maximum atomic E-state index is 16.0. The van der Waals surface area contributed by atoms with Crippen LogP contribution in [-0.4, -0.2) is 64.3 Å². The van der Waals surface area contributed by atoms with Gasteiger partial charge >= 0.3 is 6.01 Å². The first-order valence-electron chi connectivity index (χ1n) is 16.0. The molecule has 1 spiro atoms. The summed E-state index contributed by atoms with van der Waals surface area (Å²) < 4.78 is 43.6. The molecule has 3 fully saturated rings. The van der Waals surface area contributed by atoms with Crippen LogP contribution in [0.4, 0.5) is 20.3 Å². The number of benzene rings is 1. The number of anilines is 2. The molecule has 0 bridgehead atoms. The van der Waals surface area contributed by atoms with Crippen molar-refractivity contribution in [1.29, 1.82) is 5.26 Å². The lowest BCUT2D eigenvalue weighted by molar-refractivity contribution is -0.0875. The molecule has 1 aliphatic carbocycles. The van der Waals surface area contributed by atoms with Gasteiger partial charge in [0.1, 0.15) is 30.3 Å². The zero-order valence-corrected chi connectivity index (χ0v) is 25.4. The topological polar surface area (TPSA) is 113 Å². The molecule has 4 unspecified atom stereocenters. The zero-order chi connectivity index (χ0) is 31.0. The minimum Gasteiger partial charge on any atom is -0.461 e. The second-order valence-corrected chi connectivity index (χ2v) is 13.7. The van der Waals surface area contributed by atoms with Gasteiger partial charge < -0.3 is 20.1 Å². The molecule has 2 aromatic heterocycles. The third-order valence-electron chi connectivity index (χ3n) is 10.9. The van der Waals surface area contributed by atoms with Crippen LogP contribution in [0.5, 0.6) is 6.01 Å². The molecule has 4 aliphatic heterocycles. The quantitative estimate of drug-likeness (QED) is 0.404. The Hall–Kier alpha value is -3.88. The van der Waals surface area contributed by atoms with Crippen LogP contribution in [0.2, 0.25) is 0 Å². The number of nitrogen functional groups attached to an aromatic ring is 1. The van der Waals surface area contributed by atoms with Gasteiger partial charge in [0, 0.05) is 54.2 Å². The Kier molecular flexibility index (Phi) is 6.56. The average Bonchev–Trinajstić information content (AvgIpc) is 3.56. The molecule has 2 N–H and O–H groups in total. The highest BCUT2D eigenvalue weighted by molar-refractivity contribution is 5.64. The number of rotatable bonds is 5. The van der Waals surface area contributed by atoms with Crippen LogP contribution in [0.15, 0.2) is 36.7 Å². The summed E-state index contributed by atoms with van der Waals surface area (Å²) in [5, 5.41) is 10.2. The minimum atomic E-state index is -1.55. The van der Waals surface area contributed by atoms with Crippen LogP contribution in [0.3, 0.4) is 0 Å². The average molecular weight is 614 g/mol. The van der Waals surface area contributed by atoms with Gasteiger partial charge in [-0.1, -0.05) is 19.1 Å². The number of pyridine rings is 1. The number of hydrogen-bond acceptors (Lipinski definition) is 9. The van der Waals surface area contributed by atoms with Crippen molar-refractivity contribution >= 4 is 11.5 Å². The maximum absolute atomic E-state index is 16.0. The SMILES string of the molecule is CC1CCC2(Cc3nc(OCC45CCCN4CC(F)C5)nc(N4CC(F)(c5cccnc5)C4)c3CO2)c2c1ccc(N)c2C#N. The summed E-state index contributed by atoms with van der Waals surface area (Å²) in [5.41, 5.74) is 8.55. The normalized spacial score (nSPS) is 29.9. The standard InChI is InChI=1S/C34H37F2N7O2/c1-21-7-9-34(29-24(21)5-6-27(38)25(29)14-37)13-28-26(17-45-34)30(42-18-33(36,19-42)22-4-2-10-39-15-22)41-31(40-28)44-20-32-8-3-11-43(32)16-23(35)12-32/h2,4-6,10,15,21,23H,3,7-9,11-13,16-20,38H2,1H3. The lowest BCUT2D eigenvalue weighted by Crippen LogP contribution is -2.57. The molecular weight excluding hydrogens is 576 g/mol. The number of halogens is 2. The van der Waals surface area contributed by atoms with Gasteiger partial charge in [0.25, 0.3) is 0 Å². The fraction of sp³-hybridized carbons (Fsp3) is 0.529. The van der Waals surface area contributed by atoms with Gasteiger partial charge in [-0.25, -0.2) is 8.78 Å². The van der Waals surface area contributed by atoms with E-state index in [0.717, 1.165) is 48.2 Å². The van der Waals surface area contributed by atoms with E-state index < -0.39 is 17.4 Å². The van der Waals surface area contributed by atoms with Crippen molar-refractivity contribution in [3.63, 3.8) is 0 Å². The van der Waals surface area contributed by atoms with E-state index in [9.17, 15) is 9.65 Å². The van der Waals surface area contributed by atoms with E-state index in [4.69, 9.17) is 25.2 Å². The van der Waals surface area contributed by atoms with Crippen LogP contribution in [-0.2, 0) is 29.0 Å². The molecule has 8 rings (SSSR count). The Balaban J connectivity index is 1.17. The van der Waals surface area contributed by atoms with Gasteiger partial charge in [0.2, 0.25) is 0 Å². The molecule has 0 amide bonds. The van der Waals surface area contributed by atoms with E-state index in [2.05, 4.69) is 22.9 Å². The molecule has 0 radical (unpaired) electrons. The molecule has 5 aliphatic rings.